The Bertz CT molecular complexity index is 1170. The number of aromatic nitrogens is 7. The smallest absolute Gasteiger partial charge is 0.356 e. The van der Waals surface area contributed by atoms with Crippen LogP contribution in [0.2, 0.25) is 0 Å². The zero-order valence-corrected chi connectivity index (χ0v) is 15.7. The van der Waals surface area contributed by atoms with Crippen molar-refractivity contribution in [3.8, 4) is 11.5 Å². The van der Waals surface area contributed by atoms with Crippen molar-refractivity contribution in [2.45, 2.75) is 19.0 Å². The first-order valence-electron chi connectivity index (χ1n) is 9.44. The lowest BCUT2D eigenvalue weighted by Gasteiger charge is -2.17. The molecule has 1 aliphatic rings. The highest BCUT2D eigenvalue weighted by atomic mass is 19.4. The predicted molar refractivity (Wildman–Crippen MR) is 102 cm³/mol. The second kappa shape index (κ2) is 7.08. The fourth-order valence-corrected chi connectivity index (χ4v) is 3.78. The Kier molecular flexibility index (Phi) is 4.37. The second-order valence-electron chi connectivity index (χ2n) is 7.29. The summed E-state index contributed by atoms with van der Waals surface area (Å²) in [6.07, 6.45) is 6.25. The average molecular weight is 414 g/mol. The molecule has 11 heteroatoms. The number of hydrogen-bond acceptors (Lipinski definition) is 6. The lowest BCUT2D eigenvalue weighted by atomic mass is 10.0. The molecule has 1 aliphatic heterocycles. The van der Waals surface area contributed by atoms with Crippen molar-refractivity contribution in [2.75, 3.05) is 18.0 Å². The monoisotopic (exact) mass is 414 g/mol. The molecule has 30 heavy (non-hydrogen) atoms. The van der Waals surface area contributed by atoms with E-state index in [1.54, 1.807) is 6.20 Å². The van der Waals surface area contributed by atoms with Gasteiger partial charge in [-0.05, 0) is 30.4 Å². The van der Waals surface area contributed by atoms with Gasteiger partial charge in [0.2, 0.25) is 0 Å². The van der Waals surface area contributed by atoms with E-state index in [0.717, 1.165) is 44.1 Å². The Labute approximate surface area is 168 Å². The van der Waals surface area contributed by atoms with Gasteiger partial charge in [0, 0.05) is 31.7 Å². The molecule has 4 aromatic heterocycles. The van der Waals surface area contributed by atoms with Gasteiger partial charge in [0.15, 0.2) is 17.2 Å². The summed E-state index contributed by atoms with van der Waals surface area (Å²) in [4.78, 5) is 18.6. The SMILES string of the molecule is FC(F)(F)c1cn2c(-c3nccc(N4CCC(Cc5cn[nH]c5)C4)n3)cnc2cn1. The van der Waals surface area contributed by atoms with Gasteiger partial charge in [-0.15, -0.1) is 0 Å². The first kappa shape index (κ1) is 18.5. The maximum atomic E-state index is 13.1. The van der Waals surface area contributed by atoms with Gasteiger partial charge >= 0.3 is 6.18 Å². The first-order valence-corrected chi connectivity index (χ1v) is 9.44. The summed E-state index contributed by atoms with van der Waals surface area (Å²) in [5.74, 6) is 1.55. The molecule has 0 aromatic carbocycles. The largest absolute Gasteiger partial charge is 0.434 e. The van der Waals surface area contributed by atoms with Gasteiger partial charge in [0.05, 0.1) is 18.6 Å². The second-order valence-corrected chi connectivity index (χ2v) is 7.29. The number of hydrogen-bond donors (Lipinski definition) is 1. The van der Waals surface area contributed by atoms with Gasteiger partial charge in [-0.1, -0.05) is 0 Å². The third-order valence-electron chi connectivity index (χ3n) is 5.25. The molecule has 1 atom stereocenters. The minimum atomic E-state index is -4.54. The van der Waals surface area contributed by atoms with Crippen LogP contribution in [0.4, 0.5) is 19.0 Å². The van der Waals surface area contributed by atoms with E-state index in [4.69, 9.17) is 0 Å². The van der Waals surface area contributed by atoms with Crippen molar-refractivity contribution in [3.63, 3.8) is 0 Å². The molecule has 8 nitrogen and oxygen atoms in total. The van der Waals surface area contributed by atoms with Gasteiger partial charge in [0.1, 0.15) is 11.5 Å². The topological polar surface area (TPSA) is 87.9 Å². The summed E-state index contributed by atoms with van der Waals surface area (Å²) >= 11 is 0. The number of anilines is 1. The zero-order chi connectivity index (χ0) is 20.7. The summed E-state index contributed by atoms with van der Waals surface area (Å²) in [5.41, 5.74) is 0.860. The normalized spacial score (nSPS) is 17.2. The average Bonchev–Trinajstić information content (AvgIpc) is 3.48. The van der Waals surface area contributed by atoms with Gasteiger partial charge in [-0.3, -0.25) is 9.50 Å². The summed E-state index contributed by atoms with van der Waals surface area (Å²) in [6.45, 7) is 1.70. The van der Waals surface area contributed by atoms with E-state index >= 15 is 0 Å². The van der Waals surface area contributed by atoms with Crippen molar-refractivity contribution in [1.29, 1.82) is 0 Å². The van der Waals surface area contributed by atoms with E-state index in [0.29, 0.717) is 23.1 Å². The minimum Gasteiger partial charge on any atom is -0.356 e. The van der Waals surface area contributed by atoms with E-state index in [1.807, 2.05) is 18.5 Å². The number of H-pyrrole nitrogens is 1. The van der Waals surface area contributed by atoms with E-state index in [2.05, 4.69) is 35.0 Å². The number of halogens is 3. The van der Waals surface area contributed by atoms with Crippen LogP contribution in [0, 0.1) is 5.92 Å². The van der Waals surface area contributed by atoms with Gasteiger partial charge in [-0.25, -0.2) is 19.9 Å². The first-order chi connectivity index (χ1) is 14.5. The molecule has 1 saturated heterocycles. The molecule has 5 rings (SSSR count). The lowest BCUT2D eigenvalue weighted by molar-refractivity contribution is -0.141. The van der Waals surface area contributed by atoms with Crippen LogP contribution in [0.1, 0.15) is 17.7 Å². The standard InChI is InChI=1S/C19H17F3N8/c20-19(21,22)15-11-30-14(8-25-17(30)9-24-15)18-23-3-1-16(28-18)29-4-2-12(10-29)5-13-6-26-27-7-13/h1,3,6-9,11-12H,2,4-5,10H2,(H,26,27). The Morgan fingerprint density at radius 3 is 2.83 bits per heavy atom. The Hall–Kier alpha value is -3.50. The number of fused-ring (bicyclic) bond motifs is 1. The third kappa shape index (κ3) is 3.46. The van der Waals surface area contributed by atoms with Crippen LogP contribution < -0.4 is 4.90 Å². The number of aromatic amines is 1. The van der Waals surface area contributed by atoms with E-state index < -0.39 is 11.9 Å². The molecule has 0 radical (unpaired) electrons. The number of rotatable bonds is 4. The lowest BCUT2D eigenvalue weighted by Crippen LogP contribution is -2.21. The Balaban J connectivity index is 1.41. The van der Waals surface area contributed by atoms with Crippen molar-refractivity contribution < 1.29 is 13.2 Å². The maximum absolute atomic E-state index is 13.1. The molecular formula is C19H17F3N8. The Morgan fingerprint density at radius 1 is 1.13 bits per heavy atom. The molecule has 4 aromatic rings. The minimum absolute atomic E-state index is 0.299. The molecule has 0 bridgehead atoms. The summed E-state index contributed by atoms with van der Waals surface area (Å²) in [6, 6.07) is 1.82. The maximum Gasteiger partial charge on any atom is 0.434 e. The quantitative estimate of drug-likeness (QED) is 0.552. The molecule has 5 heterocycles. The Morgan fingerprint density at radius 2 is 2.03 bits per heavy atom. The molecule has 0 saturated carbocycles. The number of nitrogens with one attached hydrogen (secondary N) is 1. The number of nitrogens with zero attached hydrogens (tertiary/aromatic N) is 7. The summed E-state index contributed by atoms with van der Waals surface area (Å²) < 4.78 is 40.5. The van der Waals surface area contributed by atoms with Crippen LogP contribution in [-0.4, -0.2) is 47.6 Å². The van der Waals surface area contributed by atoms with Gasteiger partial charge in [-0.2, -0.15) is 18.3 Å². The third-order valence-corrected chi connectivity index (χ3v) is 5.25. The van der Waals surface area contributed by atoms with Crippen LogP contribution >= 0.6 is 0 Å². The van der Waals surface area contributed by atoms with E-state index in [-0.39, 0.29) is 0 Å². The molecule has 1 N–H and O–H groups in total. The van der Waals surface area contributed by atoms with E-state index in [1.165, 1.54) is 16.2 Å². The predicted octanol–water partition coefficient (Wildman–Crippen LogP) is 3.00. The van der Waals surface area contributed by atoms with Crippen molar-refractivity contribution in [1.82, 2.24) is 34.5 Å². The molecule has 1 unspecified atom stereocenters. The van der Waals surface area contributed by atoms with Crippen LogP contribution in [0.25, 0.3) is 17.2 Å². The molecule has 0 spiro atoms. The molecule has 1 fully saturated rings. The zero-order valence-electron chi connectivity index (χ0n) is 15.7. The molecule has 0 amide bonds. The fraction of sp³-hybridized carbons (Fsp3) is 0.316. The van der Waals surface area contributed by atoms with Gasteiger partial charge < -0.3 is 4.90 Å². The van der Waals surface area contributed by atoms with Crippen LogP contribution in [0.3, 0.4) is 0 Å². The molecule has 0 aliphatic carbocycles. The van der Waals surface area contributed by atoms with Crippen molar-refractivity contribution in [2.24, 2.45) is 5.92 Å². The number of alkyl halides is 3. The summed E-state index contributed by atoms with van der Waals surface area (Å²) in [5, 5.41) is 6.82. The van der Waals surface area contributed by atoms with Crippen LogP contribution in [0.5, 0.6) is 0 Å². The fourth-order valence-electron chi connectivity index (χ4n) is 3.78. The van der Waals surface area contributed by atoms with Crippen molar-refractivity contribution >= 4 is 11.5 Å². The van der Waals surface area contributed by atoms with Crippen LogP contribution in [-0.2, 0) is 12.6 Å². The van der Waals surface area contributed by atoms with Crippen LogP contribution in [0.15, 0.2) is 43.2 Å². The molecule has 154 valence electrons. The highest BCUT2D eigenvalue weighted by Gasteiger charge is 2.33. The summed E-state index contributed by atoms with van der Waals surface area (Å²) in [7, 11) is 0. The highest BCUT2D eigenvalue weighted by molar-refractivity contribution is 5.58. The van der Waals surface area contributed by atoms with Gasteiger partial charge in [0.25, 0.3) is 0 Å². The highest BCUT2D eigenvalue weighted by Crippen LogP contribution is 2.29. The number of imidazole rings is 1. The van der Waals surface area contributed by atoms with E-state index in [9.17, 15) is 13.2 Å². The van der Waals surface area contributed by atoms with Crippen molar-refractivity contribution in [3.05, 3.63) is 54.5 Å². The molecular weight excluding hydrogens is 397 g/mol.